The summed E-state index contributed by atoms with van der Waals surface area (Å²) in [5.41, 5.74) is 0.222. The molecule has 0 aromatic rings. The zero-order chi connectivity index (χ0) is 10.2. The predicted molar refractivity (Wildman–Crippen MR) is 58.4 cm³/mol. The van der Waals surface area contributed by atoms with E-state index in [1.54, 1.807) is 0 Å². The molecule has 1 heterocycles. The van der Waals surface area contributed by atoms with Gasteiger partial charge < -0.3 is 10.1 Å². The van der Waals surface area contributed by atoms with Crippen molar-refractivity contribution in [3.05, 3.63) is 0 Å². The molecule has 2 aliphatic rings. The number of hydrogen-bond acceptors (Lipinski definition) is 2. The van der Waals surface area contributed by atoms with Gasteiger partial charge in [0, 0.05) is 13.1 Å². The first-order valence-corrected chi connectivity index (χ1v) is 6.01. The van der Waals surface area contributed by atoms with Crippen LogP contribution in [0.15, 0.2) is 0 Å². The van der Waals surface area contributed by atoms with Crippen LogP contribution in [0.25, 0.3) is 0 Å². The molecule has 82 valence electrons. The fourth-order valence-corrected chi connectivity index (χ4v) is 2.93. The van der Waals surface area contributed by atoms with Crippen LogP contribution in [-0.2, 0) is 4.74 Å². The molecule has 1 N–H and O–H groups in total. The van der Waals surface area contributed by atoms with Gasteiger partial charge in [0.2, 0.25) is 0 Å². The number of rotatable bonds is 1. The molecule has 1 spiro atoms. The number of hydrogen-bond donors (Lipinski definition) is 1. The van der Waals surface area contributed by atoms with Gasteiger partial charge in [0.05, 0.1) is 11.2 Å². The lowest BCUT2D eigenvalue weighted by molar-refractivity contribution is -0.184. The third kappa shape index (κ3) is 1.59. The molecule has 2 nitrogen and oxygen atoms in total. The highest BCUT2D eigenvalue weighted by Gasteiger charge is 2.47. The summed E-state index contributed by atoms with van der Waals surface area (Å²) in [5.74, 6) is 0.723. The van der Waals surface area contributed by atoms with Crippen LogP contribution < -0.4 is 5.32 Å². The van der Waals surface area contributed by atoms with E-state index < -0.39 is 0 Å². The van der Waals surface area contributed by atoms with Crippen molar-refractivity contribution in [1.29, 1.82) is 0 Å². The third-order valence-corrected chi connectivity index (χ3v) is 4.26. The van der Waals surface area contributed by atoms with Crippen LogP contribution in [0.2, 0.25) is 0 Å². The second kappa shape index (κ2) is 3.49. The summed E-state index contributed by atoms with van der Waals surface area (Å²) in [4.78, 5) is 0. The first kappa shape index (κ1) is 10.4. The second-order valence-electron chi connectivity index (χ2n) is 5.37. The van der Waals surface area contributed by atoms with Crippen molar-refractivity contribution in [2.24, 2.45) is 5.92 Å². The van der Waals surface area contributed by atoms with Gasteiger partial charge in [-0.15, -0.1) is 0 Å². The first-order valence-electron chi connectivity index (χ1n) is 6.01. The summed E-state index contributed by atoms with van der Waals surface area (Å²) in [6, 6.07) is 0. The standard InChI is InChI=1S/C12H23NO/c1-4-11(3)8-13-9-12(14-11)7-5-6-10(12)2/h10,13H,4-9H2,1-3H3. The average molecular weight is 197 g/mol. The molecule has 0 aromatic carbocycles. The maximum Gasteiger partial charge on any atom is 0.0839 e. The van der Waals surface area contributed by atoms with E-state index in [2.05, 4.69) is 26.1 Å². The zero-order valence-corrected chi connectivity index (χ0v) is 9.73. The minimum atomic E-state index is 0.0663. The second-order valence-corrected chi connectivity index (χ2v) is 5.37. The van der Waals surface area contributed by atoms with E-state index in [1.807, 2.05) is 0 Å². The smallest absolute Gasteiger partial charge is 0.0839 e. The van der Waals surface area contributed by atoms with Crippen LogP contribution in [0.4, 0.5) is 0 Å². The Hall–Kier alpha value is -0.0800. The molecule has 0 bridgehead atoms. The molecule has 2 heteroatoms. The lowest BCUT2D eigenvalue weighted by Crippen LogP contribution is -2.60. The van der Waals surface area contributed by atoms with Crippen LogP contribution in [0.5, 0.6) is 0 Å². The fourth-order valence-electron chi connectivity index (χ4n) is 2.93. The number of ether oxygens (including phenoxy) is 1. The molecule has 2 rings (SSSR count). The predicted octanol–water partition coefficient (Wildman–Crippen LogP) is 2.33. The van der Waals surface area contributed by atoms with Crippen molar-refractivity contribution in [3.8, 4) is 0 Å². The van der Waals surface area contributed by atoms with E-state index in [9.17, 15) is 0 Å². The first-order chi connectivity index (χ1) is 6.60. The van der Waals surface area contributed by atoms with E-state index in [0.29, 0.717) is 0 Å². The molecule has 3 atom stereocenters. The largest absolute Gasteiger partial charge is 0.366 e. The molecule has 0 amide bonds. The summed E-state index contributed by atoms with van der Waals surface area (Å²) < 4.78 is 6.42. The molecule has 3 unspecified atom stereocenters. The van der Waals surface area contributed by atoms with E-state index in [-0.39, 0.29) is 11.2 Å². The Balaban J connectivity index is 2.13. The third-order valence-electron chi connectivity index (χ3n) is 4.26. The van der Waals surface area contributed by atoms with Crippen LogP contribution in [0.1, 0.15) is 46.5 Å². The molecule has 1 aliphatic heterocycles. The van der Waals surface area contributed by atoms with Crippen molar-refractivity contribution >= 4 is 0 Å². The van der Waals surface area contributed by atoms with E-state index >= 15 is 0 Å². The Bertz CT molecular complexity index is 218. The van der Waals surface area contributed by atoms with Gasteiger partial charge in [-0.05, 0) is 32.1 Å². The van der Waals surface area contributed by atoms with Crippen molar-refractivity contribution in [3.63, 3.8) is 0 Å². The van der Waals surface area contributed by atoms with Crippen LogP contribution >= 0.6 is 0 Å². The van der Waals surface area contributed by atoms with Gasteiger partial charge in [-0.3, -0.25) is 0 Å². The molecular formula is C12H23NO. The lowest BCUT2D eigenvalue weighted by atomic mass is 9.87. The van der Waals surface area contributed by atoms with Crippen LogP contribution in [0, 0.1) is 5.92 Å². The SMILES string of the molecule is CCC1(C)CNCC2(CCCC2C)O1. The zero-order valence-electron chi connectivity index (χ0n) is 9.73. The number of nitrogens with one attached hydrogen (secondary N) is 1. The molecule has 0 aromatic heterocycles. The lowest BCUT2D eigenvalue weighted by Gasteiger charge is -2.47. The molecule has 14 heavy (non-hydrogen) atoms. The number of morpholine rings is 1. The minimum Gasteiger partial charge on any atom is -0.366 e. The van der Waals surface area contributed by atoms with Gasteiger partial charge in [-0.1, -0.05) is 20.3 Å². The molecule has 1 aliphatic carbocycles. The summed E-state index contributed by atoms with van der Waals surface area (Å²) in [7, 11) is 0. The van der Waals surface area contributed by atoms with Gasteiger partial charge >= 0.3 is 0 Å². The van der Waals surface area contributed by atoms with E-state index in [4.69, 9.17) is 4.74 Å². The Morgan fingerprint density at radius 2 is 2.21 bits per heavy atom. The minimum absolute atomic E-state index is 0.0663. The van der Waals surface area contributed by atoms with E-state index in [1.165, 1.54) is 19.3 Å². The molecule has 1 saturated carbocycles. The molecule has 2 fully saturated rings. The Morgan fingerprint density at radius 1 is 1.43 bits per heavy atom. The summed E-state index contributed by atoms with van der Waals surface area (Å²) >= 11 is 0. The van der Waals surface area contributed by atoms with Gasteiger partial charge in [0.25, 0.3) is 0 Å². The van der Waals surface area contributed by atoms with Gasteiger partial charge in [0.1, 0.15) is 0 Å². The molecular weight excluding hydrogens is 174 g/mol. The quantitative estimate of drug-likeness (QED) is 0.696. The Labute approximate surface area is 87.4 Å². The van der Waals surface area contributed by atoms with Gasteiger partial charge in [0.15, 0.2) is 0 Å². The van der Waals surface area contributed by atoms with Gasteiger partial charge in [-0.2, -0.15) is 0 Å². The topological polar surface area (TPSA) is 21.3 Å². The fraction of sp³-hybridized carbons (Fsp3) is 1.00. The van der Waals surface area contributed by atoms with Crippen LogP contribution in [0.3, 0.4) is 0 Å². The van der Waals surface area contributed by atoms with Crippen molar-refractivity contribution in [1.82, 2.24) is 5.32 Å². The van der Waals surface area contributed by atoms with Crippen molar-refractivity contribution < 1.29 is 4.74 Å². The van der Waals surface area contributed by atoms with Crippen molar-refractivity contribution in [2.45, 2.75) is 57.7 Å². The van der Waals surface area contributed by atoms with E-state index in [0.717, 1.165) is 25.4 Å². The Morgan fingerprint density at radius 3 is 2.79 bits per heavy atom. The van der Waals surface area contributed by atoms with Gasteiger partial charge in [-0.25, -0.2) is 0 Å². The van der Waals surface area contributed by atoms with Crippen molar-refractivity contribution in [2.75, 3.05) is 13.1 Å². The van der Waals surface area contributed by atoms with Crippen LogP contribution in [-0.4, -0.2) is 24.3 Å². The monoisotopic (exact) mass is 197 g/mol. The normalized spacial score (nSPS) is 48.6. The summed E-state index contributed by atoms with van der Waals surface area (Å²) in [6.07, 6.45) is 5.02. The highest BCUT2D eigenvalue weighted by atomic mass is 16.5. The molecule has 1 saturated heterocycles. The Kier molecular flexibility index (Phi) is 2.61. The maximum atomic E-state index is 6.42. The molecule has 0 radical (unpaired) electrons. The maximum absolute atomic E-state index is 6.42. The summed E-state index contributed by atoms with van der Waals surface area (Å²) in [6.45, 7) is 8.88. The highest BCUT2D eigenvalue weighted by Crippen LogP contribution is 2.43. The summed E-state index contributed by atoms with van der Waals surface area (Å²) in [5, 5.41) is 3.56. The highest BCUT2D eigenvalue weighted by molar-refractivity contribution is 5.00. The average Bonchev–Trinajstić information content (AvgIpc) is 2.48.